The number of amides is 2. The van der Waals surface area contributed by atoms with E-state index in [1.165, 1.54) is 54.3 Å². The molecule has 2 amide bonds. The van der Waals surface area contributed by atoms with Crippen LogP contribution in [0.15, 0.2) is 77.7 Å². The third-order valence-electron chi connectivity index (χ3n) is 5.99. The highest BCUT2D eigenvalue weighted by Gasteiger charge is 2.34. The molecule has 41 heavy (non-hydrogen) atoms. The maximum atomic E-state index is 14.0. The molecule has 13 heteroatoms. The Labute approximate surface area is 249 Å². The second kappa shape index (κ2) is 12.9. The SMILES string of the molecule is C[C@H](C(=O)NC(C)(C)C)N(Cc1c(Cl)cccc1Cl)C(=O)CN(c1cccc([N+](=O)[O-])c1)S(=O)(=O)c1ccccc1. The molecule has 0 saturated carbocycles. The van der Waals surface area contributed by atoms with Crippen molar-refractivity contribution in [3.05, 3.63) is 98.5 Å². The molecule has 3 aromatic carbocycles. The Kier molecular flexibility index (Phi) is 10.0. The number of nitrogens with one attached hydrogen (secondary N) is 1. The van der Waals surface area contributed by atoms with E-state index in [-0.39, 0.29) is 32.9 Å². The second-order valence-electron chi connectivity index (χ2n) is 10.2. The first-order valence-corrected chi connectivity index (χ1v) is 14.7. The number of nitro groups is 1. The molecule has 0 bridgehead atoms. The topological polar surface area (TPSA) is 130 Å². The van der Waals surface area contributed by atoms with E-state index in [1.54, 1.807) is 45.0 Å². The van der Waals surface area contributed by atoms with E-state index in [0.29, 0.717) is 5.56 Å². The number of anilines is 1. The Morgan fingerprint density at radius 2 is 1.56 bits per heavy atom. The largest absolute Gasteiger partial charge is 0.350 e. The van der Waals surface area contributed by atoms with Gasteiger partial charge in [0.25, 0.3) is 15.7 Å². The van der Waals surface area contributed by atoms with Crippen LogP contribution >= 0.6 is 23.2 Å². The average molecular weight is 622 g/mol. The Morgan fingerprint density at radius 1 is 0.976 bits per heavy atom. The van der Waals surface area contributed by atoms with Gasteiger partial charge in [0.15, 0.2) is 0 Å². The fourth-order valence-electron chi connectivity index (χ4n) is 3.92. The fraction of sp³-hybridized carbons (Fsp3) is 0.286. The molecule has 218 valence electrons. The van der Waals surface area contributed by atoms with Gasteiger partial charge in [-0.15, -0.1) is 0 Å². The molecular formula is C28H30Cl2N4O6S. The number of hydrogen-bond acceptors (Lipinski definition) is 6. The van der Waals surface area contributed by atoms with Crippen LogP contribution in [0.25, 0.3) is 0 Å². The summed E-state index contributed by atoms with van der Waals surface area (Å²) < 4.78 is 28.4. The van der Waals surface area contributed by atoms with E-state index in [0.717, 1.165) is 10.4 Å². The summed E-state index contributed by atoms with van der Waals surface area (Å²) in [6.07, 6.45) is 0. The summed E-state index contributed by atoms with van der Waals surface area (Å²) in [7, 11) is -4.38. The van der Waals surface area contributed by atoms with E-state index >= 15 is 0 Å². The summed E-state index contributed by atoms with van der Waals surface area (Å²) >= 11 is 12.8. The smallest absolute Gasteiger partial charge is 0.271 e. The first-order valence-electron chi connectivity index (χ1n) is 12.5. The first kappa shape index (κ1) is 31.9. The zero-order valence-corrected chi connectivity index (χ0v) is 25.2. The van der Waals surface area contributed by atoms with E-state index in [9.17, 15) is 28.1 Å². The van der Waals surface area contributed by atoms with E-state index in [4.69, 9.17) is 23.2 Å². The van der Waals surface area contributed by atoms with Gasteiger partial charge in [-0.25, -0.2) is 8.42 Å². The van der Waals surface area contributed by atoms with Gasteiger partial charge in [-0.05, 0) is 58.0 Å². The van der Waals surface area contributed by atoms with Gasteiger partial charge >= 0.3 is 0 Å². The number of hydrogen-bond donors (Lipinski definition) is 1. The zero-order chi connectivity index (χ0) is 30.5. The van der Waals surface area contributed by atoms with Crippen molar-refractivity contribution in [3.8, 4) is 0 Å². The number of halogens is 2. The number of sulfonamides is 1. The standard InChI is InChI=1S/C28H30Cl2N4O6S/c1-19(27(36)31-28(2,3)4)32(17-23-24(29)14-9-15-25(23)30)26(35)18-33(20-10-8-11-21(16-20)34(37)38)41(39,40)22-12-6-5-7-13-22/h5-16,19H,17-18H2,1-4H3,(H,31,36)/t19-/m1/s1. The lowest BCUT2D eigenvalue weighted by Gasteiger charge is -2.33. The molecule has 0 aliphatic rings. The van der Waals surface area contributed by atoms with E-state index < -0.39 is 44.9 Å². The number of non-ortho nitro benzene ring substituents is 1. The normalized spacial score (nSPS) is 12.3. The van der Waals surface area contributed by atoms with Gasteiger partial charge in [-0.2, -0.15) is 0 Å². The van der Waals surface area contributed by atoms with Crippen molar-refractivity contribution in [1.82, 2.24) is 10.2 Å². The van der Waals surface area contributed by atoms with Crippen LogP contribution in [-0.4, -0.2) is 48.2 Å². The monoisotopic (exact) mass is 620 g/mol. The first-order chi connectivity index (χ1) is 19.1. The molecule has 0 heterocycles. The number of nitrogens with zero attached hydrogens (tertiary/aromatic N) is 3. The minimum Gasteiger partial charge on any atom is -0.350 e. The molecule has 10 nitrogen and oxygen atoms in total. The van der Waals surface area contributed by atoms with Crippen LogP contribution in [0.4, 0.5) is 11.4 Å². The zero-order valence-electron chi connectivity index (χ0n) is 22.9. The van der Waals surface area contributed by atoms with Gasteiger partial charge in [0.1, 0.15) is 12.6 Å². The predicted molar refractivity (Wildman–Crippen MR) is 158 cm³/mol. The quantitative estimate of drug-likeness (QED) is 0.238. The maximum absolute atomic E-state index is 14.0. The van der Waals surface area contributed by atoms with Gasteiger partial charge in [0, 0.05) is 39.8 Å². The van der Waals surface area contributed by atoms with Crippen LogP contribution in [0.2, 0.25) is 10.0 Å². The Bertz CT molecular complexity index is 1520. The maximum Gasteiger partial charge on any atom is 0.271 e. The Balaban J connectivity index is 2.11. The van der Waals surface area contributed by atoms with Crippen LogP contribution in [0, 0.1) is 10.1 Å². The molecule has 0 saturated heterocycles. The van der Waals surface area contributed by atoms with E-state index in [1.807, 2.05) is 0 Å². The van der Waals surface area contributed by atoms with Crippen LogP contribution in [0.5, 0.6) is 0 Å². The van der Waals surface area contributed by atoms with E-state index in [2.05, 4.69) is 5.32 Å². The summed E-state index contributed by atoms with van der Waals surface area (Å²) in [5.74, 6) is -1.25. The molecule has 3 rings (SSSR count). The lowest BCUT2D eigenvalue weighted by molar-refractivity contribution is -0.384. The molecule has 1 N–H and O–H groups in total. The number of carbonyl (C=O) groups excluding carboxylic acids is 2. The summed E-state index contributed by atoms with van der Waals surface area (Å²) in [5.41, 5.74) is -0.708. The third-order valence-corrected chi connectivity index (χ3v) is 8.49. The summed E-state index contributed by atoms with van der Waals surface area (Å²) in [6.45, 7) is 5.88. The Morgan fingerprint density at radius 3 is 2.12 bits per heavy atom. The molecule has 0 aliphatic carbocycles. The minimum absolute atomic E-state index is 0.0982. The predicted octanol–water partition coefficient (Wildman–Crippen LogP) is 5.43. The van der Waals surface area contributed by atoms with Gasteiger partial charge < -0.3 is 10.2 Å². The number of benzene rings is 3. The molecule has 1 atom stereocenters. The van der Waals surface area contributed by atoms with Crippen molar-refractivity contribution < 1.29 is 22.9 Å². The number of carbonyl (C=O) groups is 2. The highest BCUT2D eigenvalue weighted by atomic mass is 35.5. The molecule has 0 aliphatic heterocycles. The second-order valence-corrected chi connectivity index (χ2v) is 12.9. The number of nitro benzene ring substituents is 1. The van der Waals surface area contributed by atoms with Crippen LogP contribution < -0.4 is 9.62 Å². The van der Waals surface area contributed by atoms with Crippen molar-refractivity contribution in [1.29, 1.82) is 0 Å². The van der Waals surface area contributed by atoms with Gasteiger partial charge in [-0.1, -0.05) is 53.5 Å². The molecule has 0 radical (unpaired) electrons. The molecule has 3 aromatic rings. The molecule has 0 aromatic heterocycles. The minimum atomic E-state index is -4.38. The van der Waals surface area contributed by atoms with Gasteiger partial charge in [0.2, 0.25) is 11.8 Å². The van der Waals surface area contributed by atoms with Crippen molar-refractivity contribution in [2.45, 2.75) is 50.7 Å². The van der Waals surface area contributed by atoms with Crippen molar-refractivity contribution in [2.75, 3.05) is 10.8 Å². The molecule has 0 unspecified atom stereocenters. The third kappa shape index (κ3) is 7.96. The van der Waals surface area contributed by atoms with Crippen LogP contribution in [0.1, 0.15) is 33.3 Å². The van der Waals surface area contributed by atoms with Crippen LogP contribution in [0.3, 0.4) is 0 Å². The molecule has 0 spiro atoms. The van der Waals surface area contributed by atoms with Crippen molar-refractivity contribution in [3.63, 3.8) is 0 Å². The van der Waals surface area contributed by atoms with Crippen molar-refractivity contribution >= 4 is 56.4 Å². The number of rotatable bonds is 10. The molecule has 0 fully saturated rings. The lowest BCUT2D eigenvalue weighted by atomic mass is 10.1. The average Bonchev–Trinajstić information content (AvgIpc) is 2.90. The fourth-order valence-corrected chi connectivity index (χ4v) is 5.86. The highest BCUT2D eigenvalue weighted by Crippen LogP contribution is 2.29. The van der Waals surface area contributed by atoms with Gasteiger partial charge in [0.05, 0.1) is 15.5 Å². The Hall–Kier alpha value is -3.67. The van der Waals surface area contributed by atoms with Crippen LogP contribution in [-0.2, 0) is 26.2 Å². The summed E-state index contributed by atoms with van der Waals surface area (Å²) in [4.78, 5) is 39.0. The summed E-state index contributed by atoms with van der Waals surface area (Å²) in [5, 5.41) is 14.8. The van der Waals surface area contributed by atoms with Gasteiger partial charge in [-0.3, -0.25) is 24.0 Å². The lowest BCUT2D eigenvalue weighted by Crippen LogP contribution is -2.54. The van der Waals surface area contributed by atoms with Crippen molar-refractivity contribution in [2.24, 2.45) is 0 Å². The highest BCUT2D eigenvalue weighted by molar-refractivity contribution is 7.92. The summed E-state index contributed by atoms with van der Waals surface area (Å²) in [6, 6.07) is 16.1. The molecular weight excluding hydrogens is 591 g/mol.